The molecule has 0 spiro atoms. The van der Waals surface area contributed by atoms with E-state index in [9.17, 15) is 13.2 Å². The lowest BCUT2D eigenvalue weighted by molar-refractivity contribution is -0.138. The van der Waals surface area contributed by atoms with E-state index in [0.717, 1.165) is 18.5 Å². The van der Waals surface area contributed by atoms with Gasteiger partial charge < -0.3 is 0 Å². The molecule has 0 saturated heterocycles. The predicted octanol–water partition coefficient (Wildman–Crippen LogP) is 3.37. The maximum absolute atomic E-state index is 13.0. The average Bonchev–Trinajstić information content (AvgIpc) is 2.76. The van der Waals surface area contributed by atoms with Crippen LogP contribution in [-0.2, 0) is 6.18 Å². The first-order valence-electron chi connectivity index (χ1n) is 5.15. The van der Waals surface area contributed by atoms with Gasteiger partial charge in [-0.3, -0.25) is 10.8 Å². The highest BCUT2D eigenvalue weighted by Gasteiger charge is 2.36. The Morgan fingerprint density at radius 1 is 1.37 bits per heavy atom. The standard InChI is InChI=1S/C11H9ClF3N3S/c12-8-2-4-19-10(8)9(18-16)6-5-17-3-1-7(6)11(13,14)15/h1-5,9,18H,16H2. The number of alkyl halides is 3. The number of thiophene rings is 1. The molecule has 0 amide bonds. The number of pyridine rings is 1. The number of hydrogen-bond donors (Lipinski definition) is 2. The first-order valence-corrected chi connectivity index (χ1v) is 6.41. The number of halogens is 4. The summed E-state index contributed by atoms with van der Waals surface area (Å²) in [4.78, 5) is 4.25. The summed E-state index contributed by atoms with van der Waals surface area (Å²) in [6.07, 6.45) is -2.24. The normalized spacial score (nSPS) is 13.5. The Labute approximate surface area is 116 Å². The molecule has 8 heteroatoms. The maximum atomic E-state index is 13.0. The molecule has 2 rings (SSSR count). The number of rotatable bonds is 3. The first kappa shape index (κ1) is 14.3. The smallest absolute Gasteiger partial charge is 0.271 e. The van der Waals surface area contributed by atoms with E-state index in [1.54, 1.807) is 11.4 Å². The van der Waals surface area contributed by atoms with Gasteiger partial charge in [-0.1, -0.05) is 11.6 Å². The molecule has 19 heavy (non-hydrogen) atoms. The van der Waals surface area contributed by atoms with Gasteiger partial charge in [-0.15, -0.1) is 11.3 Å². The second-order valence-corrected chi connectivity index (χ2v) is 5.05. The molecule has 2 heterocycles. The van der Waals surface area contributed by atoms with E-state index in [2.05, 4.69) is 10.4 Å². The molecule has 102 valence electrons. The van der Waals surface area contributed by atoms with Crippen LogP contribution < -0.4 is 11.3 Å². The van der Waals surface area contributed by atoms with Gasteiger partial charge in [-0.05, 0) is 17.5 Å². The van der Waals surface area contributed by atoms with E-state index in [0.29, 0.717) is 9.90 Å². The highest BCUT2D eigenvalue weighted by Crippen LogP contribution is 2.38. The zero-order chi connectivity index (χ0) is 14.0. The molecule has 0 radical (unpaired) electrons. The molecule has 0 aliphatic rings. The lowest BCUT2D eigenvalue weighted by Crippen LogP contribution is -2.30. The highest BCUT2D eigenvalue weighted by atomic mass is 35.5. The van der Waals surface area contributed by atoms with Crippen LogP contribution in [0.1, 0.15) is 22.0 Å². The van der Waals surface area contributed by atoms with Crippen molar-refractivity contribution in [3.8, 4) is 0 Å². The summed E-state index contributed by atoms with van der Waals surface area (Å²) in [6, 6.07) is 1.68. The van der Waals surface area contributed by atoms with E-state index in [1.165, 1.54) is 11.3 Å². The number of hydrogen-bond acceptors (Lipinski definition) is 4. The fraction of sp³-hybridized carbons (Fsp3) is 0.182. The van der Waals surface area contributed by atoms with Gasteiger partial charge >= 0.3 is 6.18 Å². The summed E-state index contributed by atoms with van der Waals surface area (Å²) in [5, 5.41) is 2.05. The van der Waals surface area contributed by atoms with Crippen LogP contribution in [0, 0.1) is 0 Å². The number of hydrazine groups is 1. The van der Waals surface area contributed by atoms with Crippen molar-refractivity contribution < 1.29 is 13.2 Å². The zero-order valence-corrected chi connectivity index (χ0v) is 11.0. The maximum Gasteiger partial charge on any atom is 0.416 e. The molecular formula is C11H9ClF3N3S. The van der Waals surface area contributed by atoms with E-state index < -0.39 is 17.8 Å². The van der Waals surface area contributed by atoms with Gasteiger partial charge in [0.2, 0.25) is 0 Å². The van der Waals surface area contributed by atoms with Crippen LogP contribution in [0.25, 0.3) is 0 Å². The molecular weight excluding hydrogens is 299 g/mol. The van der Waals surface area contributed by atoms with Gasteiger partial charge in [0, 0.05) is 22.8 Å². The van der Waals surface area contributed by atoms with Gasteiger partial charge in [0.05, 0.1) is 16.6 Å². The topological polar surface area (TPSA) is 50.9 Å². The Morgan fingerprint density at radius 3 is 2.63 bits per heavy atom. The summed E-state index contributed by atoms with van der Waals surface area (Å²) in [5.74, 6) is 5.38. The van der Waals surface area contributed by atoms with Crippen LogP contribution in [0.5, 0.6) is 0 Å². The van der Waals surface area contributed by atoms with Crippen LogP contribution in [0.4, 0.5) is 13.2 Å². The van der Waals surface area contributed by atoms with Crippen molar-refractivity contribution in [1.29, 1.82) is 0 Å². The van der Waals surface area contributed by atoms with Gasteiger partial charge in [0.25, 0.3) is 0 Å². The molecule has 0 aromatic carbocycles. The van der Waals surface area contributed by atoms with Crippen molar-refractivity contribution >= 4 is 22.9 Å². The minimum Gasteiger partial charge on any atom is -0.271 e. The van der Waals surface area contributed by atoms with Crippen molar-refractivity contribution in [2.75, 3.05) is 0 Å². The molecule has 0 saturated carbocycles. The van der Waals surface area contributed by atoms with Gasteiger partial charge in [0.1, 0.15) is 0 Å². The fourth-order valence-electron chi connectivity index (χ4n) is 1.71. The Morgan fingerprint density at radius 2 is 2.11 bits per heavy atom. The monoisotopic (exact) mass is 307 g/mol. The molecule has 3 nitrogen and oxygen atoms in total. The van der Waals surface area contributed by atoms with E-state index in [4.69, 9.17) is 17.4 Å². The molecule has 0 bridgehead atoms. The fourth-order valence-corrected chi connectivity index (χ4v) is 2.96. The van der Waals surface area contributed by atoms with Crippen LogP contribution in [0.15, 0.2) is 29.9 Å². The summed E-state index contributed by atoms with van der Waals surface area (Å²) in [7, 11) is 0. The molecule has 0 fully saturated rings. The predicted molar refractivity (Wildman–Crippen MR) is 67.7 cm³/mol. The summed E-state index contributed by atoms with van der Waals surface area (Å²) < 4.78 is 38.9. The molecule has 2 aromatic rings. The van der Waals surface area contributed by atoms with Gasteiger partial charge in [-0.2, -0.15) is 13.2 Å². The third-order valence-corrected chi connectivity index (χ3v) is 3.97. The Bertz CT molecular complexity index is 570. The number of nitrogens with zero attached hydrogens (tertiary/aromatic N) is 1. The van der Waals surface area contributed by atoms with Crippen LogP contribution in [0.3, 0.4) is 0 Å². The molecule has 0 aliphatic heterocycles. The van der Waals surface area contributed by atoms with Gasteiger partial charge in [0.15, 0.2) is 0 Å². The molecule has 2 aromatic heterocycles. The number of aromatic nitrogens is 1. The largest absolute Gasteiger partial charge is 0.416 e. The Kier molecular flexibility index (Phi) is 4.10. The summed E-state index contributed by atoms with van der Waals surface area (Å²) in [6.45, 7) is 0. The van der Waals surface area contributed by atoms with Crippen LogP contribution >= 0.6 is 22.9 Å². The third kappa shape index (κ3) is 2.89. The zero-order valence-electron chi connectivity index (χ0n) is 9.41. The van der Waals surface area contributed by atoms with Crippen molar-refractivity contribution in [1.82, 2.24) is 10.4 Å². The SMILES string of the molecule is NNC(c1cnccc1C(F)(F)F)c1sccc1Cl. The van der Waals surface area contributed by atoms with Crippen LogP contribution in [0.2, 0.25) is 5.02 Å². The second-order valence-electron chi connectivity index (χ2n) is 3.69. The number of nitrogens with one attached hydrogen (secondary N) is 1. The van der Waals surface area contributed by atoms with E-state index >= 15 is 0 Å². The minimum absolute atomic E-state index is 0.0538. The first-order chi connectivity index (χ1) is 8.95. The average molecular weight is 308 g/mol. The lowest BCUT2D eigenvalue weighted by atomic mass is 10.0. The molecule has 1 unspecified atom stereocenters. The van der Waals surface area contributed by atoms with Crippen molar-refractivity contribution in [3.63, 3.8) is 0 Å². The highest BCUT2D eigenvalue weighted by molar-refractivity contribution is 7.10. The van der Waals surface area contributed by atoms with Crippen molar-refractivity contribution in [2.24, 2.45) is 5.84 Å². The van der Waals surface area contributed by atoms with E-state index in [-0.39, 0.29) is 5.56 Å². The van der Waals surface area contributed by atoms with Crippen LogP contribution in [-0.4, -0.2) is 4.98 Å². The van der Waals surface area contributed by atoms with Crippen molar-refractivity contribution in [2.45, 2.75) is 12.2 Å². The molecule has 1 atom stereocenters. The Balaban J connectivity index is 2.54. The third-order valence-electron chi connectivity index (χ3n) is 2.54. The van der Waals surface area contributed by atoms with Crippen molar-refractivity contribution in [3.05, 3.63) is 50.9 Å². The minimum atomic E-state index is -4.48. The van der Waals surface area contributed by atoms with Gasteiger partial charge in [-0.25, -0.2) is 5.43 Å². The molecule has 0 aliphatic carbocycles. The van der Waals surface area contributed by atoms with E-state index in [1.807, 2.05) is 0 Å². The second kappa shape index (κ2) is 5.46. The number of nitrogens with two attached hydrogens (primary N) is 1. The molecule has 3 N–H and O–H groups in total. The quantitative estimate of drug-likeness (QED) is 0.675. The summed E-state index contributed by atoms with van der Waals surface area (Å²) >= 11 is 7.17. The Hall–Kier alpha value is -1.15. The lowest BCUT2D eigenvalue weighted by Gasteiger charge is -2.20. The summed E-state index contributed by atoms with van der Waals surface area (Å²) in [5.41, 5.74) is 1.52.